The van der Waals surface area contributed by atoms with E-state index in [-0.39, 0.29) is 11.5 Å². The van der Waals surface area contributed by atoms with E-state index in [4.69, 9.17) is 0 Å². The topological polar surface area (TPSA) is 62.2 Å². The van der Waals surface area contributed by atoms with Crippen LogP contribution in [0.4, 0.5) is 11.5 Å². The molecule has 0 aliphatic carbocycles. The van der Waals surface area contributed by atoms with Crippen molar-refractivity contribution in [1.29, 1.82) is 0 Å². The van der Waals surface area contributed by atoms with Crippen LogP contribution >= 0.6 is 0 Å². The minimum Gasteiger partial charge on any atom is -0.478 e. The van der Waals surface area contributed by atoms with Crippen LogP contribution in [0.1, 0.15) is 41.4 Å². The van der Waals surface area contributed by atoms with Gasteiger partial charge in [0.05, 0.1) is 5.56 Å². The van der Waals surface area contributed by atoms with E-state index in [0.29, 0.717) is 5.82 Å². The second kappa shape index (κ2) is 5.74. The van der Waals surface area contributed by atoms with Crippen molar-refractivity contribution in [2.75, 3.05) is 5.32 Å². The molecule has 4 heteroatoms. The van der Waals surface area contributed by atoms with E-state index in [1.807, 2.05) is 45.0 Å². The summed E-state index contributed by atoms with van der Waals surface area (Å²) < 4.78 is 0. The quantitative estimate of drug-likeness (QED) is 0.882. The summed E-state index contributed by atoms with van der Waals surface area (Å²) in [6.45, 7) is 5.98. The zero-order chi connectivity index (χ0) is 14.7. The smallest absolute Gasteiger partial charge is 0.335 e. The summed E-state index contributed by atoms with van der Waals surface area (Å²) in [5, 5.41) is 12.4. The van der Waals surface area contributed by atoms with Gasteiger partial charge in [0, 0.05) is 11.4 Å². The van der Waals surface area contributed by atoms with Gasteiger partial charge in [0.1, 0.15) is 5.82 Å². The Morgan fingerprint density at radius 2 is 1.95 bits per heavy atom. The monoisotopic (exact) mass is 270 g/mol. The number of carbonyl (C=O) groups is 1. The zero-order valence-corrected chi connectivity index (χ0v) is 11.8. The predicted octanol–water partition coefficient (Wildman–Crippen LogP) is 3.96. The molecule has 2 N–H and O–H groups in total. The average molecular weight is 270 g/mol. The normalized spacial score (nSPS) is 10.6. The number of nitrogens with zero attached hydrogens (tertiary/aromatic N) is 1. The van der Waals surface area contributed by atoms with Crippen molar-refractivity contribution >= 4 is 17.5 Å². The minimum atomic E-state index is -0.942. The number of aryl methyl sites for hydroxylation is 1. The highest BCUT2D eigenvalue weighted by Gasteiger charge is 2.11. The van der Waals surface area contributed by atoms with Gasteiger partial charge < -0.3 is 10.4 Å². The molecule has 0 saturated heterocycles. The molecule has 0 amide bonds. The second-order valence-electron chi connectivity index (χ2n) is 5.07. The maximum Gasteiger partial charge on any atom is 0.335 e. The molecule has 1 aromatic carbocycles. The van der Waals surface area contributed by atoms with Crippen LogP contribution in [0.5, 0.6) is 0 Å². The number of aromatic carboxylic acids is 1. The number of para-hydroxylation sites is 1. The van der Waals surface area contributed by atoms with Crippen LogP contribution in [0.2, 0.25) is 0 Å². The van der Waals surface area contributed by atoms with Crippen LogP contribution in [0.3, 0.4) is 0 Å². The summed E-state index contributed by atoms with van der Waals surface area (Å²) in [5.74, 6) is -0.211. The summed E-state index contributed by atoms with van der Waals surface area (Å²) in [5.41, 5.74) is 3.03. The molecule has 0 aliphatic heterocycles. The van der Waals surface area contributed by atoms with Crippen LogP contribution in [-0.4, -0.2) is 16.1 Å². The van der Waals surface area contributed by atoms with Gasteiger partial charge in [0.25, 0.3) is 0 Å². The lowest BCUT2D eigenvalue weighted by atomic mass is 10.1. The standard InChI is InChI=1S/C16H18N2O2/c1-10(2)14-8-12(16(19)20)9-15(18-14)17-13-7-5-4-6-11(13)3/h4-10H,1-3H3,(H,17,18)(H,19,20). The molecule has 0 unspecified atom stereocenters. The van der Waals surface area contributed by atoms with Crippen molar-refractivity contribution in [2.24, 2.45) is 0 Å². The van der Waals surface area contributed by atoms with Gasteiger partial charge in [-0.3, -0.25) is 0 Å². The first-order valence-electron chi connectivity index (χ1n) is 6.55. The van der Waals surface area contributed by atoms with Crippen molar-refractivity contribution < 1.29 is 9.90 Å². The Morgan fingerprint density at radius 3 is 2.55 bits per heavy atom. The Kier molecular flexibility index (Phi) is 4.03. The lowest BCUT2D eigenvalue weighted by Crippen LogP contribution is -2.05. The Morgan fingerprint density at radius 1 is 1.25 bits per heavy atom. The number of pyridine rings is 1. The largest absolute Gasteiger partial charge is 0.478 e. The number of benzene rings is 1. The highest BCUT2D eigenvalue weighted by molar-refractivity contribution is 5.89. The lowest BCUT2D eigenvalue weighted by Gasteiger charge is -2.12. The first kappa shape index (κ1) is 14.1. The Balaban J connectivity index is 2.41. The van der Waals surface area contributed by atoms with Gasteiger partial charge in [-0.25, -0.2) is 9.78 Å². The molecule has 104 valence electrons. The van der Waals surface area contributed by atoms with Gasteiger partial charge in [-0.15, -0.1) is 0 Å². The van der Waals surface area contributed by atoms with Gasteiger partial charge >= 0.3 is 5.97 Å². The summed E-state index contributed by atoms with van der Waals surface area (Å²) in [6.07, 6.45) is 0. The minimum absolute atomic E-state index is 0.173. The van der Waals surface area contributed by atoms with Crippen molar-refractivity contribution in [3.8, 4) is 0 Å². The molecular weight excluding hydrogens is 252 g/mol. The van der Waals surface area contributed by atoms with E-state index in [0.717, 1.165) is 16.9 Å². The van der Waals surface area contributed by atoms with E-state index in [1.165, 1.54) is 0 Å². The van der Waals surface area contributed by atoms with Crippen LogP contribution in [0.25, 0.3) is 0 Å². The van der Waals surface area contributed by atoms with Gasteiger partial charge in [0.15, 0.2) is 0 Å². The number of nitrogens with one attached hydrogen (secondary N) is 1. The summed E-state index contributed by atoms with van der Waals surface area (Å²) >= 11 is 0. The third kappa shape index (κ3) is 3.15. The maximum absolute atomic E-state index is 11.2. The Hall–Kier alpha value is -2.36. The SMILES string of the molecule is Cc1ccccc1Nc1cc(C(=O)O)cc(C(C)C)n1. The molecule has 20 heavy (non-hydrogen) atoms. The number of carboxylic acid groups (broad SMARTS) is 1. The number of carboxylic acids is 1. The van der Waals surface area contributed by atoms with Crippen LogP contribution in [0.15, 0.2) is 36.4 Å². The Bertz CT molecular complexity index is 636. The molecule has 0 atom stereocenters. The van der Waals surface area contributed by atoms with Crippen LogP contribution < -0.4 is 5.32 Å². The molecular formula is C16H18N2O2. The van der Waals surface area contributed by atoms with E-state index < -0.39 is 5.97 Å². The zero-order valence-electron chi connectivity index (χ0n) is 11.8. The summed E-state index contributed by atoms with van der Waals surface area (Å²) in [6, 6.07) is 11.0. The van der Waals surface area contributed by atoms with Crippen LogP contribution in [-0.2, 0) is 0 Å². The molecule has 0 fully saturated rings. The van der Waals surface area contributed by atoms with Crippen molar-refractivity contribution in [3.05, 3.63) is 53.2 Å². The molecule has 4 nitrogen and oxygen atoms in total. The lowest BCUT2D eigenvalue weighted by molar-refractivity contribution is 0.0696. The van der Waals surface area contributed by atoms with Crippen molar-refractivity contribution in [2.45, 2.75) is 26.7 Å². The van der Waals surface area contributed by atoms with Crippen LogP contribution in [0, 0.1) is 6.92 Å². The number of aromatic nitrogens is 1. The molecule has 0 spiro atoms. The van der Waals surface area contributed by atoms with Crippen molar-refractivity contribution in [1.82, 2.24) is 4.98 Å². The first-order valence-corrected chi connectivity index (χ1v) is 6.55. The average Bonchev–Trinajstić information content (AvgIpc) is 2.41. The predicted molar refractivity (Wildman–Crippen MR) is 79.7 cm³/mol. The highest BCUT2D eigenvalue weighted by Crippen LogP contribution is 2.22. The highest BCUT2D eigenvalue weighted by atomic mass is 16.4. The molecule has 0 aliphatic rings. The van der Waals surface area contributed by atoms with Gasteiger partial charge in [-0.05, 0) is 36.6 Å². The number of anilines is 2. The molecule has 1 aromatic heterocycles. The molecule has 0 saturated carbocycles. The molecule has 0 bridgehead atoms. The van der Waals surface area contributed by atoms with E-state index >= 15 is 0 Å². The van der Waals surface area contributed by atoms with E-state index in [9.17, 15) is 9.90 Å². The molecule has 2 aromatic rings. The number of hydrogen-bond acceptors (Lipinski definition) is 3. The Labute approximate surface area is 118 Å². The maximum atomic E-state index is 11.2. The van der Waals surface area contributed by atoms with Gasteiger partial charge in [-0.1, -0.05) is 32.0 Å². The van der Waals surface area contributed by atoms with E-state index in [2.05, 4.69) is 10.3 Å². The number of rotatable bonds is 4. The third-order valence-corrected chi connectivity index (χ3v) is 3.09. The summed E-state index contributed by atoms with van der Waals surface area (Å²) in [4.78, 5) is 15.7. The fraction of sp³-hybridized carbons (Fsp3) is 0.250. The fourth-order valence-electron chi connectivity index (χ4n) is 1.89. The van der Waals surface area contributed by atoms with Crippen molar-refractivity contribution in [3.63, 3.8) is 0 Å². The third-order valence-electron chi connectivity index (χ3n) is 3.09. The molecule has 0 radical (unpaired) electrons. The van der Waals surface area contributed by atoms with E-state index in [1.54, 1.807) is 12.1 Å². The fourth-order valence-corrected chi connectivity index (χ4v) is 1.89. The number of hydrogen-bond donors (Lipinski definition) is 2. The molecule has 2 rings (SSSR count). The van der Waals surface area contributed by atoms with Gasteiger partial charge in [-0.2, -0.15) is 0 Å². The first-order chi connectivity index (χ1) is 9.47. The second-order valence-corrected chi connectivity index (χ2v) is 5.07. The van der Waals surface area contributed by atoms with Gasteiger partial charge in [0.2, 0.25) is 0 Å². The summed E-state index contributed by atoms with van der Waals surface area (Å²) in [7, 11) is 0. The molecule has 1 heterocycles.